The maximum absolute atomic E-state index is 13.5. The number of rotatable bonds is 9. The molecule has 0 radical (unpaired) electrons. The Morgan fingerprint density at radius 2 is 1.67 bits per heavy atom. The van der Waals surface area contributed by atoms with Crippen LogP contribution in [0.2, 0.25) is 0 Å². The highest BCUT2D eigenvalue weighted by atomic mass is 16.4. The van der Waals surface area contributed by atoms with Crippen LogP contribution in [-0.2, 0) is 13.1 Å². The van der Waals surface area contributed by atoms with Crippen LogP contribution in [0.25, 0.3) is 28.0 Å². The number of hydrogen-bond donors (Lipinski definition) is 3. The largest absolute Gasteiger partial charge is 0.465 e. The number of fused-ring (bicyclic) bond motifs is 3. The van der Waals surface area contributed by atoms with Gasteiger partial charge in [-0.1, -0.05) is 54.6 Å². The van der Waals surface area contributed by atoms with Gasteiger partial charge >= 0.3 is 6.09 Å². The second kappa shape index (κ2) is 11.7. The molecule has 43 heavy (non-hydrogen) atoms. The standard InChI is InChI=1S/C31H28N8O4/c1-19-34-36-28(37-35-19)22-10-8-20(9-11-22)17-33-29(40)23-12-15-39-25(16-23)26(21-6-3-2-4-7-21)24-18-38(30(41)27(24)39)14-5-13-32-31(42)43/h2-4,6-12,15-16,32H,5,13-14,17-18H2,1H3,(H,33,40)(H,42,43). The quantitative estimate of drug-likeness (QED) is 0.224. The molecule has 1 aliphatic rings. The van der Waals surface area contributed by atoms with Gasteiger partial charge in [-0.2, -0.15) is 0 Å². The summed E-state index contributed by atoms with van der Waals surface area (Å²) in [4.78, 5) is 39.2. The number of hydrogen-bond acceptors (Lipinski definition) is 7. The van der Waals surface area contributed by atoms with Gasteiger partial charge < -0.3 is 25.0 Å². The fourth-order valence-corrected chi connectivity index (χ4v) is 5.27. The third-order valence-electron chi connectivity index (χ3n) is 7.33. The summed E-state index contributed by atoms with van der Waals surface area (Å²) in [6, 6.07) is 20.8. The van der Waals surface area contributed by atoms with E-state index in [0.29, 0.717) is 49.0 Å². The molecule has 3 N–H and O–H groups in total. The van der Waals surface area contributed by atoms with Gasteiger partial charge in [0.1, 0.15) is 5.69 Å². The number of carboxylic acid groups (broad SMARTS) is 1. The molecule has 0 aliphatic carbocycles. The lowest BCUT2D eigenvalue weighted by molar-refractivity contribution is 0.0771. The summed E-state index contributed by atoms with van der Waals surface area (Å²) in [5.74, 6) is 0.574. The molecule has 0 unspecified atom stereocenters. The van der Waals surface area contributed by atoms with Crippen molar-refractivity contribution >= 4 is 23.4 Å². The molecule has 6 rings (SSSR count). The highest BCUT2D eigenvalue weighted by Crippen LogP contribution is 2.38. The van der Waals surface area contributed by atoms with E-state index >= 15 is 0 Å². The topological polar surface area (TPSA) is 155 Å². The van der Waals surface area contributed by atoms with Crippen LogP contribution < -0.4 is 10.6 Å². The monoisotopic (exact) mass is 576 g/mol. The fraction of sp³-hybridized carbons (Fsp3) is 0.194. The predicted octanol–water partition coefficient (Wildman–Crippen LogP) is 3.71. The number of pyridine rings is 1. The van der Waals surface area contributed by atoms with E-state index in [9.17, 15) is 14.4 Å². The van der Waals surface area contributed by atoms with Crippen LogP contribution >= 0.6 is 0 Å². The molecule has 0 bridgehead atoms. The first-order valence-corrected chi connectivity index (χ1v) is 13.8. The number of aryl methyl sites for hydroxylation is 1. The van der Waals surface area contributed by atoms with Crippen LogP contribution in [0.15, 0.2) is 72.9 Å². The molecule has 216 valence electrons. The number of aromatic nitrogens is 5. The zero-order chi connectivity index (χ0) is 29.9. The van der Waals surface area contributed by atoms with Crippen molar-refractivity contribution < 1.29 is 19.5 Å². The molecule has 0 spiro atoms. The van der Waals surface area contributed by atoms with Gasteiger partial charge in [-0.25, -0.2) is 4.79 Å². The second-order valence-electron chi connectivity index (χ2n) is 10.2. The molecule has 0 saturated carbocycles. The summed E-state index contributed by atoms with van der Waals surface area (Å²) in [7, 11) is 0. The van der Waals surface area contributed by atoms with E-state index in [1.807, 2.05) is 65.1 Å². The molecule has 1 aliphatic heterocycles. The normalized spacial score (nSPS) is 12.4. The number of benzene rings is 2. The number of nitrogens with one attached hydrogen (secondary N) is 2. The van der Waals surface area contributed by atoms with Crippen molar-refractivity contribution in [2.45, 2.75) is 26.4 Å². The minimum Gasteiger partial charge on any atom is -0.465 e. The average Bonchev–Trinajstić information content (AvgIpc) is 3.51. The molecule has 2 aromatic carbocycles. The highest BCUT2D eigenvalue weighted by molar-refractivity contribution is 6.05. The fourth-order valence-electron chi connectivity index (χ4n) is 5.27. The van der Waals surface area contributed by atoms with Gasteiger partial charge in [-0.05, 0) is 36.6 Å². The summed E-state index contributed by atoms with van der Waals surface area (Å²) in [5.41, 5.74) is 6.24. The van der Waals surface area contributed by atoms with Gasteiger partial charge in [0.2, 0.25) is 5.82 Å². The molecule has 12 heteroatoms. The van der Waals surface area contributed by atoms with E-state index in [0.717, 1.165) is 33.3 Å². The van der Waals surface area contributed by atoms with Crippen molar-refractivity contribution in [1.29, 1.82) is 0 Å². The van der Waals surface area contributed by atoms with Crippen molar-refractivity contribution in [3.05, 3.63) is 101 Å². The first-order chi connectivity index (χ1) is 20.9. The number of carbonyl (C=O) groups excluding carboxylic acids is 2. The van der Waals surface area contributed by atoms with Gasteiger partial charge in [0, 0.05) is 54.6 Å². The van der Waals surface area contributed by atoms with E-state index in [-0.39, 0.29) is 18.4 Å². The molecular formula is C31H28N8O4. The Labute approximate surface area is 246 Å². The van der Waals surface area contributed by atoms with Gasteiger partial charge in [0.15, 0.2) is 5.82 Å². The zero-order valence-corrected chi connectivity index (χ0v) is 23.3. The predicted molar refractivity (Wildman–Crippen MR) is 157 cm³/mol. The van der Waals surface area contributed by atoms with Crippen molar-refractivity contribution in [1.82, 2.24) is 40.3 Å². The Bertz CT molecular complexity index is 1820. The molecule has 0 atom stereocenters. The molecule has 12 nitrogen and oxygen atoms in total. The van der Waals surface area contributed by atoms with Crippen LogP contribution in [0.5, 0.6) is 0 Å². The summed E-state index contributed by atoms with van der Waals surface area (Å²) in [6.45, 7) is 3.14. The maximum Gasteiger partial charge on any atom is 0.404 e. The van der Waals surface area contributed by atoms with E-state index < -0.39 is 6.09 Å². The third-order valence-corrected chi connectivity index (χ3v) is 7.33. The number of carbonyl (C=O) groups is 3. The molecule has 0 saturated heterocycles. The third kappa shape index (κ3) is 5.62. The number of amides is 3. The van der Waals surface area contributed by atoms with Gasteiger partial charge in [-0.15, -0.1) is 20.4 Å². The van der Waals surface area contributed by atoms with Crippen LogP contribution in [0.4, 0.5) is 4.79 Å². The Morgan fingerprint density at radius 3 is 2.40 bits per heavy atom. The van der Waals surface area contributed by atoms with Crippen LogP contribution in [0, 0.1) is 6.92 Å². The molecule has 4 heterocycles. The summed E-state index contributed by atoms with van der Waals surface area (Å²) >= 11 is 0. The van der Waals surface area contributed by atoms with Crippen LogP contribution in [-0.4, -0.2) is 65.8 Å². The van der Waals surface area contributed by atoms with E-state index in [4.69, 9.17) is 5.11 Å². The van der Waals surface area contributed by atoms with Crippen LogP contribution in [0.3, 0.4) is 0 Å². The zero-order valence-electron chi connectivity index (χ0n) is 23.3. The van der Waals surface area contributed by atoms with Gasteiger partial charge in [-0.3, -0.25) is 9.59 Å². The van der Waals surface area contributed by atoms with E-state index in [2.05, 4.69) is 31.0 Å². The lowest BCUT2D eigenvalue weighted by atomic mass is 10.0. The van der Waals surface area contributed by atoms with Gasteiger partial charge in [0.25, 0.3) is 11.8 Å². The molecule has 3 amide bonds. The second-order valence-corrected chi connectivity index (χ2v) is 10.2. The van der Waals surface area contributed by atoms with E-state index in [1.165, 1.54) is 0 Å². The maximum atomic E-state index is 13.5. The average molecular weight is 577 g/mol. The Balaban J connectivity index is 1.22. The van der Waals surface area contributed by atoms with Gasteiger partial charge in [0.05, 0.1) is 5.52 Å². The summed E-state index contributed by atoms with van der Waals surface area (Å²) < 4.78 is 1.85. The molecular weight excluding hydrogens is 548 g/mol. The molecule has 5 aromatic rings. The molecule has 0 fully saturated rings. The first kappa shape index (κ1) is 27.5. The number of nitrogens with zero attached hydrogens (tertiary/aromatic N) is 6. The Kier molecular flexibility index (Phi) is 7.48. The van der Waals surface area contributed by atoms with Crippen molar-refractivity contribution in [3.8, 4) is 22.5 Å². The summed E-state index contributed by atoms with van der Waals surface area (Å²) in [5, 5.41) is 30.1. The lowest BCUT2D eigenvalue weighted by Gasteiger charge is -2.17. The Hall–Kier alpha value is -5.65. The van der Waals surface area contributed by atoms with Crippen molar-refractivity contribution in [2.75, 3.05) is 13.1 Å². The summed E-state index contributed by atoms with van der Waals surface area (Å²) in [6.07, 6.45) is 1.19. The SMILES string of the molecule is Cc1nnc(-c2ccc(CNC(=O)c3ccn4c5c(c(-c6ccccc6)c4c3)CN(CCCNC(=O)O)C5=O)cc2)nn1. The minimum absolute atomic E-state index is 0.120. The highest BCUT2D eigenvalue weighted by Gasteiger charge is 2.34. The lowest BCUT2D eigenvalue weighted by Crippen LogP contribution is -2.30. The first-order valence-electron chi connectivity index (χ1n) is 13.8. The van der Waals surface area contributed by atoms with E-state index in [1.54, 1.807) is 24.1 Å². The Morgan fingerprint density at radius 1 is 0.930 bits per heavy atom. The molecule has 3 aromatic heterocycles. The smallest absolute Gasteiger partial charge is 0.404 e. The van der Waals surface area contributed by atoms with Crippen LogP contribution in [0.1, 0.15) is 44.2 Å². The minimum atomic E-state index is -1.08. The van der Waals surface area contributed by atoms with Crippen molar-refractivity contribution in [3.63, 3.8) is 0 Å². The van der Waals surface area contributed by atoms with Crippen molar-refractivity contribution in [2.24, 2.45) is 0 Å².